The summed E-state index contributed by atoms with van der Waals surface area (Å²) in [5.74, 6) is 1.16. The largest absolute Gasteiger partial charge is 0.466 e. The van der Waals surface area contributed by atoms with E-state index in [1.54, 1.807) is 12.1 Å². The van der Waals surface area contributed by atoms with Crippen molar-refractivity contribution in [2.24, 2.45) is 0 Å². The molecule has 2 heterocycles. The Kier molecular flexibility index (Phi) is 4.71. The monoisotopic (exact) mass is 288 g/mol. The maximum Gasteiger partial charge on any atom is 0.356 e. The first-order valence-corrected chi connectivity index (χ1v) is 6.49. The number of esters is 1. The normalized spacial score (nSPS) is 10.2. The van der Waals surface area contributed by atoms with Crippen molar-refractivity contribution in [1.29, 1.82) is 0 Å². The maximum absolute atomic E-state index is 11.8. The summed E-state index contributed by atoms with van der Waals surface area (Å²) in [6.07, 6.45) is 0.785. The molecule has 2 aromatic rings. The van der Waals surface area contributed by atoms with Gasteiger partial charge in [-0.25, -0.2) is 9.78 Å². The highest BCUT2D eigenvalue weighted by molar-refractivity contribution is 5.91. The van der Waals surface area contributed by atoms with Crippen molar-refractivity contribution < 1.29 is 18.7 Å². The molecule has 0 atom stereocenters. The number of aromatic nitrogens is 1. The van der Waals surface area contributed by atoms with E-state index < -0.39 is 5.97 Å². The van der Waals surface area contributed by atoms with Gasteiger partial charge in [-0.1, -0.05) is 6.07 Å². The number of aryl methyl sites for hydroxylation is 2. The van der Waals surface area contributed by atoms with E-state index >= 15 is 0 Å². The second-order valence-corrected chi connectivity index (χ2v) is 4.46. The van der Waals surface area contributed by atoms with Gasteiger partial charge in [-0.3, -0.25) is 4.79 Å². The number of hydrogen-bond acceptors (Lipinski definition) is 5. The van der Waals surface area contributed by atoms with Crippen LogP contribution in [0.2, 0.25) is 0 Å². The van der Waals surface area contributed by atoms with Crippen molar-refractivity contribution in [3.05, 3.63) is 47.5 Å². The van der Waals surface area contributed by atoms with E-state index in [0.717, 1.165) is 11.5 Å². The highest BCUT2D eigenvalue weighted by Crippen LogP contribution is 2.10. The molecule has 110 valence electrons. The fourth-order valence-corrected chi connectivity index (χ4v) is 1.78. The zero-order chi connectivity index (χ0) is 15.2. The third-order valence-corrected chi connectivity index (χ3v) is 2.81. The minimum atomic E-state index is -0.544. The Labute approximate surface area is 122 Å². The number of carbonyl (C=O) groups excluding carboxylic acids is 2. The molecule has 0 aromatic carbocycles. The first-order chi connectivity index (χ1) is 10.1. The predicted molar refractivity (Wildman–Crippen MR) is 76.0 cm³/mol. The molecule has 0 aliphatic carbocycles. The number of rotatable bonds is 5. The van der Waals surface area contributed by atoms with Crippen LogP contribution in [-0.4, -0.2) is 24.0 Å². The van der Waals surface area contributed by atoms with E-state index in [4.69, 9.17) is 4.42 Å². The lowest BCUT2D eigenvalue weighted by Crippen LogP contribution is -2.14. The third-order valence-electron chi connectivity index (χ3n) is 2.81. The third kappa shape index (κ3) is 4.17. The summed E-state index contributed by atoms with van der Waals surface area (Å²) in [4.78, 5) is 27.2. The maximum atomic E-state index is 11.8. The van der Waals surface area contributed by atoms with Crippen LogP contribution in [0.25, 0.3) is 0 Å². The van der Waals surface area contributed by atoms with E-state index in [0.29, 0.717) is 12.2 Å². The average Bonchev–Trinajstić information content (AvgIpc) is 2.90. The lowest BCUT2D eigenvalue weighted by Gasteiger charge is -2.05. The van der Waals surface area contributed by atoms with Crippen LogP contribution >= 0.6 is 0 Å². The number of carbonyl (C=O) groups is 2. The Morgan fingerprint density at radius 1 is 1.29 bits per heavy atom. The summed E-state index contributed by atoms with van der Waals surface area (Å²) < 4.78 is 9.97. The Balaban J connectivity index is 1.91. The molecule has 0 radical (unpaired) electrons. The topological polar surface area (TPSA) is 81.4 Å². The number of hydrogen-bond donors (Lipinski definition) is 1. The molecular weight excluding hydrogens is 272 g/mol. The Morgan fingerprint density at radius 3 is 2.76 bits per heavy atom. The van der Waals surface area contributed by atoms with Gasteiger partial charge in [-0.05, 0) is 31.2 Å². The lowest BCUT2D eigenvalue weighted by molar-refractivity contribution is -0.116. The van der Waals surface area contributed by atoms with E-state index in [1.807, 2.05) is 19.1 Å². The van der Waals surface area contributed by atoms with Gasteiger partial charge in [0.05, 0.1) is 7.11 Å². The molecule has 0 bridgehead atoms. The molecule has 1 N–H and O–H groups in total. The molecular formula is C15H16N2O4. The fourth-order valence-electron chi connectivity index (χ4n) is 1.78. The van der Waals surface area contributed by atoms with Crippen LogP contribution in [0.15, 0.2) is 34.7 Å². The SMILES string of the molecule is COC(=O)c1cccc(NC(=O)CCc2ccc(C)o2)n1. The zero-order valence-electron chi connectivity index (χ0n) is 11.9. The summed E-state index contributed by atoms with van der Waals surface area (Å²) in [6.45, 7) is 1.85. The smallest absolute Gasteiger partial charge is 0.356 e. The number of pyridine rings is 1. The zero-order valence-corrected chi connectivity index (χ0v) is 11.9. The van der Waals surface area contributed by atoms with E-state index in [1.165, 1.54) is 13.2 Å². The first kappa shape index (κ1) is 14.8. The number of amides is 1. The number of nitrogens with one attached hydrogen (secondary N) is 1. The van der Waals surface area contributed by atoms with Crippen molar-refractivity contribution in [1.82, 2.24) is 4.98 Å². The van der Waals surface area contributed by atoms with Gasteiger partial charge in [0.2, 0.25) is 5.91 Å². The van der Waals surface area contributed by atoms with E-state index in [-0.39, 0.29) is 18.0 Å². The molecule has 6 nitrogen and oxygen atoms in total. The van der Waals surface area contributed by atoms with E-state index in [2.05, 4.69) is 15.0 Å². The predicted octanol–water partition coefficient (Wildman–Crippen LogP) is 2.34. The van der Waals surface area contributed by atoms with Crippen LogP contribution in [0.3, 0.4) is 0 Å². The molecule has 6 heteroatoms. The molecule has 0 unspecified atom stereocenters. The number of methoxy groups -OCH3 is 1. The first-order valence-electron chi connectivity index (χ1n) is 6.49. The number of nitrogens with zero attached hydrogens (tertiary/aromatic N) is 1. The molecule has 2 rings (SSSR count). The Morgan fingerprint density at radius 2 is 2.10 bits per heavy atom. The fraction of sp³-hybridized carbons (Fsp3) is 0.267. The molecule has 2 aromatic heterocycles. The standard InChI is InChI=1S/C15H16N2O4/c1-10-6-7-11(21-10)8-9-14(18)17-13-5-3-4-12(16-13)15(19)20-2/h3-7H,8-9H2,1-2H3,(H,16,17,18). The van der Waals surface area contributed by atoms with Crippen molar-refractivity contribution >= 4 is 17.7 Å². The van der Waals surface area contributed by atoms with Gasteiger partial charge in [-0.2, -0.15) is 0 Å². The van der Waals surface area contributed by atoms with Crippen LogP contribution < -0.4 is 5.32 Å². The van der Waals surface area contributed by atoms with Gasteiger partial charge < -0.3 is 14.5 Å². The van der Waals surface area contributed by atoms with Gasteiger partial charge >= 0.3 is 5.97 Å². The summed E-state index contributed by atoms with van der Waals surface area (Å²) in [7, 11) is 1.28. The van der Waals surface area contributed by atoms with Crippen molar-refractivity contribution in [3.63, 3.8) is 0 Å². The van der Waals surface area contributed by atoms with Gasteiger partial charge in [-0.15, -0.1) is 0 Å². The minimum Gasteiger partial charge on any atom is -0.466 e. The molecule has 0 fully saturated rings. The van der Waals surface area contributed by atoms with Crippen LogP contribution in [0.5, 0.6) is 0 Å². The minimum absolute atomic E-state index is 0.150. The van der Waals surface area contributed by atoms with Gasteiger partial charge in [0, 0.05) is 12.8 Å². The second kappa shape index (κ2) is 6.69. The van der Waals surface area contributed by atoms with Crippen LogP contribution in [0, 0.1) is 6.92 Å². The number of ether oxygens (including phenoxy) is 1. The van der Waals surface area contributed by atoms with Crippen LogP contribution in [0.1, 0.15) is 28.4 Å². The van der Waals surface area contributed by atoms with Gasteiger partial charge in [0.1, 0.15) is 17.3 Å². The highest BCUT2D eigenvalue weighted by Gasteiger charge is 2.10. The molecule has 0 spiro atoms. The second-order valence-electron chi connectivity index (χ2n) is 4.46. The summed E-state index contributed by atoms with van der Waals surface area (Å²) in [6, 6.07) is 8.46. The molecule has 0 saturated heterocycles. The van der Waals surface area contributed by atoms with Crippen LogP contribution in [0.4, 0.5) is 5.82 Å². The summed E-state index contributed by atoms with van der Waals surface area (Å²) >= 11 is 0. The molecule has 21 heavy (non-hydrogen) atoms. The molecule has 0 aliphatic heterocycles. The van der Waals surface area contributed by atoms with Crippen molar-refractivity contribution in [2.75, 3.05) is 12.4 Å². The highest BCUT2D eigenvalue weighted by atomic mass is 16.5. The average molecular weight is 288 g/mol. The Bertz CT molecular complexity index is 649. The lowest BCUT2D eigenvalue weighted by atomic mass is 10.2. The summed E-state index contributed by atoms with van der Waals surface area (Å²) in [5, 5.41) is 2.64. The molecule has 0 aliphatic rings. The van der Waals surface area contributed by atoms with Gasteiger partial charge in [0.15, 0.2) is 5.69 Å². The van der Waals surface area contributed by atoms with Crippen LogP contribution in [-0.2, 0) is 16.0 Å². The summed E-state index contributed by atoms with van der Waals surface area (Å²) in [5.41, 5.74) is 0.150. The number of anilines is 1. The quantitative estimate of drug-likeness (QED) is 0.854. The Hall–Kier alpha value is -2.63. The van der Waals surface area contributed by atoms with Crippen molar-refractivity contribution in [3.8, 4) is 0 Å². The molecule has 0 saturated carbocycles. The number of furan rings is 1. The van der Waals surface area contributed by atoms with E-state index in [9.17, 15) is 9.59 Å². The van der Waals surface area contributed by atoms with Crippen molar-refractivity contribution in [2.45, 2.75) is 19.8 Å². The molecule has 1 amide bonds. The van der Waals surface area contributed by atoms with Gasteiger partial charge in [0.25, 0.3) is 0 Å².